The highest BCUT2D eigenvalue weighted by atomic mass is 16.5. The van der Waals surface area contributed by atoms with Crippen LogP contribution in [0.25, 0.3) is 0 Å². The highest BCUT2D eigenvalue weighted by Crippen LogP contribution is 2.20. The first-order valence-corrected chi connectivity index (χ1v) is 5.80. The summed E-state index contributed by atoms with van der Waals surface area (Å²) in [5.74, 6) is 0.200. The number of phenols is 1. The van der Waals surface area contributed by atoms with Crippen molar-refractivity contribution in [1.82, 2.24) is 15.2 Å². The maximum Gasteiger partial charge on any atom is 0.291 e. The molecule has 7 heteroatoms. The molecule has 2 aromatic rings. The number of hydrogen-bond acceptors (Lipinski definition) is 5. The molecule has 0 saturated heterocycles. The Morgan fingerprint density at radius 2 is 2.30 bits per heavy atom. The number of carbonyl (C=O) groups excluding carboxylic acids is 1. The average molecular weight is 274 g/mol. The standard InChI is InChI=1S/C13H14N4O3/c1-17-6-5-11(16-17)13(19)15-14-8-9-7-10(20-2)3-4-12(9)18/h3-8,18H,1-2H3,(H,15,19)/b14-8+. The van der Waals surface area contributed by atoms with Gasteiger partial charge in [0, 0.05) is 18.8 Å². The van der Waals surface area contributed by atoms with Crippen LogP contribution in [-0.2, 0) is 7.05 Å². The molecule has 1 amide bonds. The van der Waals surface area contributed by atoms with Crippen LogP contribution in [0.2, 0.25) is 0 Å². The number of nitrogens with one attached hydrogen (secondary N) is 1. The molecule has 2 N–H and O–H groups in total. The minimum atomic E-state index is -0.427. The maximum absolute atomic E-state index is 11.7. The summed E-state index contributed by atoms with van der Waals surface area (Å²) < 4.78 is 6.56. The number of benzene rings is 1. The van der Waals surface area contributed by atoms with Crippen molar-refractivity contribution in [3.8, 4) is 11.5 Å². The van der Waals surface area contributed by atoms with Gasteiger partial charge in [0.15, 0.2) is 5.69 Å². The van der Waals surface area contributed by atoms with E-state index >= 15 is 0 Å². The molecule has 1 heterocycles. The third kappa shape index (κ3) is 3.14. The Morgan fingerprint density at radius 3 is 2.95 bits per heavy atom. The topological polar surface area (TPSA) is 88.7 Å². The molecule has 0 aliphatic heterocycles. The van der Waals surface area contributed by atoms with Gasteiger partial charge in [0.1, 0.15) is 11.5 Å². The molecule has 20 heavy (non-hydrogen) atoms. The molecule has 0 atom stereocenters. The lowest BCUT2D eigenvalue weighted by Gasteiger charge is -2.02. The zero-order chi connectivity index (χ0) is 14.5. The zero-order valence-corrected chi connectivity index (χ0v) is 11.1. The van der Waals surface area contributed by atoms with Crippen molar-refractivity contribution in [1.29, 1.82) is 0 Å². The van der Waals surface area contributed by atoms with Crippen LogP contribution < -0.4 is 10.2 Å². The first-order valence-electron chi connectivity index (χ1n) is 5.80. The number of amides is 1. The van der Waals surface area contributed by atoms with Gasteiger partial charge in [-0.2, -0.15) is 10.2 Å². The molecular formula is C13H14N4O3. The molecule has 0 aliphatic carbocycles. The molecule has 0 aliphatic rings. The Morgan fingerprint density at radius 1 is 1.50 bits per heavy atom. The number of nitrogens with zero attached hydrogens (tertiary/aromatic N) is 3. The van der Waals surface area contributed by atoms with Crippen LogP contribution in [0.4, 0.5) is 0 Å². The fourth-order valence-electron chi connectivity index (χ4n) is 1.52. The Bertz CT molecular complexity index is 649. The van der Waals surface area contributed by atoms with E-state index in [0.717, 1.165) is 0 Å². The summed E-state index contributed by atoms with van der Waals surface area (Å²) in [6.45, 7) is 0. The minimum absolute atomic E-state index is 0.0432. The van der Waals surface area contributed by atoms with Crippen LogP contribution in [0.5, 0.6) is 11.5 Å². The van der Waals surface area contributed by atoms with Gasteiger partial charge in [-0.1, -0.05) is 0 Å². The minimum Gasteiger partial charge on any atom is -0.507 e. The molecule has 104 valence electrons. The quantitative estimate of drug-likeness (QED) is 0.640. The highest BCUT2D eigenvalue weighted by Gasteiger charge is 2.07. The number of aromatic hydroxyl groups is 1. The second-order valence-corrected chi connectivity index (χ2v) is 4.00. The number of methoxy groups -OCH3 is 1. The predicted molar refractivity (Wildman–Crippen MR) is 72.9 cm³/mol. The summed E-state index contributed by atoms with van der Waals surface area (Å²) in [6, 6.07) is 6.29. The Kier molecular flexibility index (Phi) is 3.99. The lowest BCUT2D eigenvalue weighted by Crippen LogP contribution is -2.18. The molecule has 1 aromatic carbocycles. The van der Waals surface area contributed by atoms with Crippen LogP contribution in [0, 0.1) is 0 Å². The monoisotopic (exact) mass is 274 g/mol. The number of phenolic OH excluding ortho intramolecular Hbond substituents is 1. The van der Waals surface area contributed by atoms with E-state index in [1.807, 2.05) is 0 Å². The van der Waals surface area contributed by atoms with Crippen molar-refractivity contribution in [2.24, 2.45) is 12.1 Å². The van der Waals surface area contributed by atoms with E-state index in [2.05, 4.69) is 15.6 Å². The highest BCUT2D eigenvalue weighted by molar-refractivity contribution is 5.93. The largest absolute Gasteiger partial charge is 0.507 e. The molecule has 0 bridgehead atoms. The van der Waals surface area contributed by atoms with Gasteiger partial charge in [0.05, 0.1) is 13.3 Å². The van der Waals surface area contributed by atoms with Gasteiger partial charge >= 0.3 is 0 Å². The van der Waals surface area contributed by atoms with E-state index in [1.54, 1.807) is 31.4 Å². The maximum atomic E-state index is 11.7. The van der Waals surface area contributed by atoms with Crippen molar-refractivity contribution >= 4 is 12.1 Å². The van der Waals surface area contributed by atoms with Gasteiger partial charge in [0.25, 0.3) is 5.91 Å². The fourth-order valence-corrected chi connectivity index (χ4v) is 1.52. The SMILES string of the molecule is COc1ccc(O)c(/C=N/NC(=O)c2ccn(C)n2)c1. The van der Waals surface area contributed by atoms with Gasteiger partial charge in [-0.25, -0.2) is 5.43 Å². The lowest BCUT2D eigenvalue weighted by molar-refractivity contribution is 0.0949. The van der Waals surface area contributed by atoms with Crippen molar-refractivity contribution in [3.05, 3.63) is 41.7 Å². The Labute approximate surface area is 115 Å². The summed E-state index contributed by atoms with van der Waals surface area (Å²) in [4.78, 5) is 11.7. The molecule has 0 radical (unpaired) electrons. The van der Waals surface area contributed by atoms with E-state index in [-0.39, 0.29) is 11.4 Å². The number of carbonyl (C=O) groups is 1. The van der Waals surface area contributed by atoms with E-state index in [1.165, 1.54) is 24.1 Å². The van der Waals surface area contributed by atoms with Gasteiger partial charge < -0.3 is 9.84 Å². The van der Waals surface area contributed by atoms with Gasteiger partial charge in [-0.3, -0.25) is 9.48 Å². The van der Waals surface area contributed by atoms with Crippen LogP contribution >= 0.6 is 0 Å². The van der Waals surface area contributed by atoms with E-state index < -0.39 is 5.91 Å². The van der Waals surface area contributed by atoms with Gasteiger partial charge in [-0.15, -0.1) is 0 Å². The summed E-state index contributed by atoms with van der Waals surface area (Å²) >= 11 is 0. The first-order chi connectivity index (χ1) is 9.60. The number of hydrogen-bond donors (Lipinski definition) is 2. The van der Waals surface area contributed by atoms with Crippen molar-refractivity contribution in [2.45, 2.75) is 0 Å². The normalized spacial score (nSPS) is 10.7. The molecule has 1 aromatic heterocycles. The van der Waals surface area contributed by atoms with Crippen molar-refractivity contribution in [2.75, 3.05) is 7.11 Å². The molecule has 0 unspecified atom stereocenters. The van der Waals surface area contributed by atoms with Gasteiger partial charge in [0.2, 0.25) is 0 Å². The smallest absolute Gasteiger partial charge is 0.291 e. The molecule has 0 saturated carbocycles. The summed E-state index contributed by atoms with van der Waals surface area (Å²) in [5.41, 5.74) is 3.03. The number of ether oxygens (including phenoxy) is 1. The van der Waals surface area contributed by atoms with Crippen LogP contribution in [0.1, 0.15) is 16.1 Å². The van der Waals surface area contributed by atoms with Gasteiger partial charge in [-0.05, 0) is 24.3 Å². The molecule has 0 spiro atoms. The summed E-state index contributed by atoms with van der Waals surface area (Å²) in [5, 5.41) is 17.4. The molecular weight excluding hydrogens is 260 g/mol. The first kappa shape index (κ1) is 13.6. The van der Waals surface area contributed by atoms with E-state index in [4.69, 9.17) is 4.74 Å². The Hall–Kier alpha value is -2.83. The lowest BCUT2D eigenvalue weighted by atomic mass is 10.2. The molecule has 2 rings (SSSR count). The second-order valence-electron chi connectivity index (χ2n) is 4.00. The zero-order valence-electron chi connectivity index (χ0n) is 11.1. The number of aryl methyl sites for hydroxylation is 1. The predicted octanol–water partition coefficient (Wildman–Crippen LogP) is 0.898. The number of hydrazone groups is 1. The average Bonchev–Trinajstić information content (AvgIpc) is 2.87. The van der Waals surface area contributed by atoms with E-state index in [0.29, 0.717) is 11.3 Å². The third-order valence-corrected chi connectivity index (χ3v) is 2.55. The van der Waals surface area contributed by atoms with Crippen molar-refractivity contribution < 1.29 is 14.6 Å². The third-order valence-electron chi connectivity index (χ3n) is 2.55. The summed E-state index contributed by atoms with van der Waals surface area (Å²) in [7, 11) is 3.24. The molecule has 0 fully saturated rings. The van der Waals surface area contributed by atoms with E-state index in [9.17, 15) is 9.90 Å². The number of rotatable bonds is 4. The summed E-state index contributed by atoms with van der Waals surface area (Å²) in [6.07, 6.45) is 2.99. The van der Waals surface area contributed by atoms with Crippen LogP contribution in [-0.4, -0.2) is 34.1 Å². The fraction of sp³-hybridized carbons (Fsp3) is 0.154. The Balaban J connectivity index is 2.05. The van der Waals surface area contributed by atoms with Crippen LogP contribution in [0.15, 0.2) is 35.6 Å². The van der Waals surface area contributed by atoms with Crippen molar-refractivity contribution in [3.63, 3.8) is 0 Å². The molecule has 7 nitrogen and oxygen atoms in total. The second kappa shape index (κ2) is 5.87. The number of aromatic nitrogens is 2. The van der Waals surface area contributed by atoms with Crippen LogP contribution in [0.3, 0.4) is 0 Å².